The Morgan fingerprint density at radius 3 is 2.56 bits per heavy atom. The smallest absolute Gasteiger partial charge is 0.381 e. The van der Waals surface area contributed by atoms with Crippen LogP contribution in [0.25, 0.3) is 0 Å². The van der Waals surface area contributed by atoms with Gasteiger partial charge in [-0.1, -0.05) is 0 Å². The molecule has 0 radical (unpaired) electrons. The quantitative estimate of drug-likeness (QED) is 0.767. The molecule has 0 aromatic rings. The molecule has 0 aromatic heterocycles. The molecule has 0 bridgehead atoms. The van der Waals surface area contributed by atoms with Crippen molar-refractivity contribution in [2.75, 3.05) is 26.3 Å². The van der Waals surface area contributed by atoms with Crippen LogP contribution in [0.4, 0.5) is 13.2 Å². The molecule has 1 unspecified atom stereocenters. The van der Waals surface area contributed by atoms with Crippen molar-refractivity contribution in [2.45, 2.75) is 37.5 Å². The van der Waals surface area contributed by atoms with Crippen LogP contribution in [0.2, 0.25) is 0 Å². The van der Waals surface area contributed by atoms with Crippen molar-refractivity contribution in [3.8, 4) is 0 Å². The fourth-order valence-corrected chi connectivity index (χ4v) is 2.56. The van der Waals surface area contributed by atoms with E-state index in [1.54, 1.807) is 0 Å². The summed E-state index contributed by atoms with van der Waals surface area (Å²) in [6.07, 6.45) is -2.98. The summed E-state index contributed by atoms with van der Waals surface area (Å²) < 4.78 is 44.3. The van der Waals surface area contributed by atoms with Crippen molar-refractivity contribution in [3.05, 3.63) is 0 Å². The van der Waals surface area contributed by atoms with Crippen molar-refractivity contribution in [1.29, 1.82) is 0 Å². The highest BCUT2D eigenvalue weighted by Gasteiger charge is 2.46. The van der Waals surface area contributed by atoms with E-state index in [1.807, 2.05) is 0 Å². The standard InChI is InChI=1S/C11H17F3N2O2/c12-11(13,14)9-7-15-10(17)1-4-16(9)8-2-5-18-6-3-8/h8-9H,1-7H2,(H,15,17). The monoisotopic (exact) mass is 266 g/mol. The summed E-state index contributed by atoms with van der Waals surface area (Å²) in [5.41, 5.74) is 0. The zero-order valence-electron chi connectivity index (χ0n) is 10.0. The summed E-state index contributed by atoms with van der Waals surface area (Å²) in [5.74, 6) is -0.307. The maximum atomic E-state index is 13.0. The predicted octanol–water partition coefficient (Wildman–Crippen LogP) is 0.918. The molecule has 1 atom stereocenters. The van der Waals surface area contributed by atoms with Gasteiger partial charge in [-0.05, 0) is 12.8 Å². The summed E-state index contributed by atoms with van der Waals surface area (Å²) >= 11 is 0. The highest BCUT2D eigenvalue weighted by atomic mass is 19.4. The van der Waals surface area contributed by atoms with Gasteiger partial charge >= 0.3 is 6.18 Å². The lowest BCUT2D eigenvalue weighted by atomic mass is 10.0. The number of halogens is 3. The lowest BCUT2D eigenvalue weighted by molar-refractivity contribution is -0.190. The van der Waals surface area contributed by atoms with Crippen molar-refractivity contribution >= 4 is 5.91 Å². The highest BCUT2D eigenvalue weighted by molar-refractivity contribution is 5.76. The Kier molecular flexibility index (Phi) is 4.11. The Balaban J connectivity index is 2.12. The summed E-state index contributed by atoms with van der Waals surface area (Å²) in [6, 6.07) is -1.72. The van der Waals surface area contributed by atoms with Gasteiger partial charge in [0.25, 0.3) is 0 Å². The van der Waals surface area contributed by atoms with E-state index in [1.165, 1.54) is 4.90 Å². The van der Waals surface area contributed by atoms with Gasteiger partial charge in [-0.15, -0.1) is 0 Å². The predicted molar refractivity (Wildman–Crippen MR) is 58.0 cm³/mol. The van der Waals surface area contributed by atoms with Crippen molar-refractivity contribution in [1.82, 2.24) is 10.2 Å². The minimum Gasteiger partial charge on any atom is -0.381 e. The number of amides is 1. The molecule has 0 spiro atoms. The maximum Gasteiger partial charge on any atom is 0.405 e. The third-order valence-electron chi connectivity index (χ3n) is 3.53. The van der Waals surface area contributed by atoms with Crippen LogP contribution in [0.3, 0.4) is 0 Å². The molecule has 7 heteroatoms. The van der Waals surface area contributed by atoms with E-state index in [4.69, 9.17) is 4.74 Å². The number of carbonyl (C=O) groups is 1. The van der Waals surface area contributed by atoms with E-state index in [0.717, 1.165) is 0 Å². The van der Waals surface area contributed by atoms with Gasteiger partial charge in [0.05, 0.1) is 0 Å². The molecule has 18 heavy (non-hydrogen) atoms. The number of nitrogens with zero attached hydrogens (tertiary/aromatic N) is 1. The Labute approximate surface area is 103 Å². The molecule has 0 saturated carbocycles. The van der Waals surface area contributed by atoms with Crippen LogP contribution < -0.4 is 5.32 Å². The van der Waals surface area contributed by atoms with Crippen molar-refractivity contribution < 1.29 is 22.7 Å². The van der Waals surface area contributed by atoms with E-state index in [-0.39, 0.29) is 31.5 Å². The summed E-state index contributed by atoms with van der Waals surface area (Å²) in [4.78, 5) is 12.7. The first-order valence-corrected chi connectivity index (χ1v) is 6.15. The molecule has 2 fully saturated rings. The Morgan fingerprint density at radius 1 is 1.28 bits per heavy atom. The second-order valence-electron chi connectivity index (χ2n) is 4.69. The lowest BCUT2D eigenvalue weighted by Crippen LogP contribution is -2.54. The first kappa shape index (κ1) is 13.6. The van der Waals surface area contributed by atoms with E-state index in [2.05, 4.69) is 5.32 Å². The SMILES string of the molecule is O=C1CCN(C2CCOCC2)C(C(F)(F)F)CN1. The molecule has 104 valence electrons. The maximum absolute atomic E-state index is 13.0. The number of carbonyl (C=O) groups excluding carboxylic acids is 1. The average Bonchev–Trinajstić information content (AvgIpc) is 2.52. The molecular formula is C11H17F3N2O2. The van der Waals surface area contributed by atoms with Crippen LogP contribution in [0.5, 0.6) is 0 Å². The van der Waals surface area contributed by atoms with E-state index < -0.39 is 12.2 Å². The second kappa shape index (κ2) is 5.44. The second-order valence-corrected chi connectivity index (χ2v) is 4.69. The average molecular weight is 266 g/mol. The summed E-state index contributed by atoms with van der Waals surface area (Å²) in [7, 11) is 0. The van der Waals surface area contributed by atoms with Crippen LogP contribution in [0.1, 0.15) is 19.3 Å². The summed E-state index contributed by atoms with van der Waals surface area (Å²) in [5, 5.41) is 2.34. The molecule has 2 aliphatic rings. The first-order valence-electron chi connectivity index (χ1n) is 6.15. The van der Waals surface area contributed by atoms with Crippen molar-refractivity contribution in [2.24, 2.45) is 0 Å². The van der Waals surface area contributed by atoms with Gasteiger partial charge in [0.1, 0.15) is 6.04 Å². The minimum absolute atomic E-state index is 0.129. The Hall–Kier alpha value is -0.820. The zero-order valence-corrected chi connectivity index (χ0v) is 10.0. The van der Waals surface area contributed by atoms with Crippen LogP contribution in [0.15, 0.2) is 0 Å². The fourth-order valence-electron chi connectivity index (χ4n) is 2.56. The van der Waals surface area contributed by atoms with Gasteiger partial charge in [-0.25, -0.2) is 0 Å². The molecular weight excluding hydrogens is 249 g/mol. The number of nitrogens with one attached hydrogen (secondary N) is 1. The zero-order chi connectivity index (χ0) is 13.2. The summed E-state index contributed by atoms with van der Waals surface area (Å²) in [6.45, 7) is 0.806. The van der Waals surface area contributed by atoms with Gasteiger partial charge < -0.3 is 10.1 Å². The fraction of sp³-hybridized carbons (Fsp3) is 0.909. The van der Waals surface area contributed by atoms with E-state index in [9.17, 15) is 18.0 Å². The largest absolute Gasteiger partial charge is 0.405 e. The van der Waals surface area contributed by atoms with E-state index in [0.29, 0.717) is 26.1 Å². The Morgan fingerprint density at radius 2 is 1.94 bits per heavy atom. The van der Waals surface area contributed by atoms with Gasteiger partial charge in [0, 0.05) is 38.8 Å². The van der Waals surface area contributed by atoms with Crippen LogP contribution in [-0.4, -0.2) is 55.4 Å². The number of hydrogen-bond donors (Lipinski definition) is 1. The third-order valence-corrected chi connectivity index (χ3v) is 3.53. The molecule has 2 rings (SSSR count). The number of ether oxygens (including phenoxy) is 1. The number of alkyl halides is 3. The molecule has 0 aliphatic carbocycles. The number of rotatable bonds is 1. The van der Waals surface area contributed by atoms with Gasteiger partial charge in [0.15, 0.2) is 0 Å². The number of hydrogen-bond acceptors (Lipinski definition) is 3. The first-order chi connectivity index (χ1) is 8.48. The minimum atomic E-state index is -4.31. The lowest BCUT2D eigenvalue weighted by Gasteiger charge is -2.39. The molecule has 4 nitrogen and oxygen atoms in total. The van der Waals surface area contributed by atoms with Crippen LogP contribution in [-0.2, 0) is 9.53 Å². The van der Waals surface area contributed by atoms with Crippen LogP contribution >= 0.6 is 0 Å². The van der Waals surface area contributed by atoms with Gasteiger partial charge in [0.2, 0.25) is 5.91 Å². The molecule has 2 saturated heterocycles. The highest BCUT2D eigenvalue weighted by Crippen LogP contribution is 2.29. The van der Waals surface area contributed by atoms with Crippen LogP contribution in [0, 0.1) is 0 Å². The molecule has 2 heterocycles. The van der Waals surface area contributed by atoms with Gasteiger partial charge in [-0.3, -0.25) is 9.69 Å². The Bertz CT molecular complexity index is 303. The topological polar surface area (TPSA) is 41.6 Å². The molecule has 0 aromatic carbocycles. The van der Waals surface area contributed by atoms with Crippen molar-refractivity contribution in [3.63, 3.8) is 0 Å². The third kappa shape index (κ3) is 3.14. The molecule has 1 amide bonds. The van der Waals surface area contributed by atoms with Gasteiger partial charge in [-0.2, -0.15) is 13.2 Å². The normalized spacial score (nSPS) is 28.8. The molecule has 2 aliphatic heterocycles. The molecule has 1 N–H and O–H groups in total. The van der Waals surface area contributed by atoms with E-state index >= 15 is 0 Å².